The minimum absolute atomic E-state index is 0.231. The van der Waals surface area contributed by atoms with Gasteiger partial charge in [0.2, 0.25) is 0 Å². The van der Waals surface area contributed by atoms with Crippen molar-refractivity contribution in [2.45, 2.75) is 0 Å². The maximum Gasteiger partial charge on any atom is 0.259 e. The molecule has 5 rings (SSSR count). The molecule has 32 heavy (non-hydrogen) atoms. The molecule has 6 heteroatoms. The third-order valence-corrected chi connectivity index (χ3v) is 5.43. The van der Waals surface area contributed by atoms with Gasteiger partial charge in [-0.3, -0.25) is 29.8 Å². The Bertz CT molecular complexity index is 1270. The first-order chi connectivity index (χ1) is 15.5. The van der Waals surface area contributed by atoms with Crippen molar-refractivity contribution >= 4 is 45.9 Å². The molecule has 154 valence electrons. The Kier molecular flexibility index (Phi) is 4.60. The van der Waals surface area contributed by atoms with E-state index in [-0.39, 0.29) is 22.3 Å². The zero-order chi connectivity index (χ0) is 22.2. The zero-order valence-corrected chi connectivity index (χ0v) is 16.7. The first kappa shape index (κ1) is 19.4. The Labute approximate surface area is 183 Å². The second-order valence-corrected chi connectivity index (χ2v) is 7.38. The quantitative estimate of drug-likeness (QED) is 0.635. The van der Waals surface area contributed by atoms with E-state index < -0.39 is 23.6 Å². The second-order valence-electron chi connectivity index (χ2n) is 7.38. The number of carbonyl (C=O) groups is 4. The summed E-state index contributed by atoms with van der Waals surface area (Å²) in [5, 5.41) is 4.71. The van der Waals surface area contributed by atoms with E-state index >= 15 is 0 Å². The van der Waals surface area contributed by atoms with Gasteiger partial charge in [0.25, 0.3) is 23.6 Å². The van der Waals surface area contributed by atoms with Crippen LogP contribution in [0.3, 0.4) is 0 Å². The molecule has 0 fully saturated rings. The third-order valence-electron chi connectivity index (χ3n) is 5.43. The van der Waals surface area contributed by atoms with Crippen LogP contribution >= 0.6 is 0 Å². The maximum absolute atomic E-state index is 12.7. The van der Waals surface area contributed by atoms with Crippen LogP contribution in [0.5, 0.6) is 0 Å². The highest BCUT2D eigenvalue weighted by Gasteiger charge is 2.34. The van der Waals surface area contributed by atoms with Crippen molar-refractivity contribution in [2.24, 2.45) is 0 Å². The van der Waals surface area contributed by atoms with Gasteiger partial charge in [-0.25, -0.2) is 0 Å². The summed E-state index contributed by atoms with van der Waals surface area (Å²) >= 11 is 0. The minimum atomic E-state index is -0.504. The predicted octanol–water partition coefficient (Wildman–Crippen LogP) is 2.82. The summed E-state index contributed by atoms with van der Waals surface area (Å²) in [4.78, 5) is 50.4. The Morgan fingerprint density at radius 3 is 1.06 bits per heavy atom. The summed E-state index contributed by atoms with van der Waals surface area (Å²) < 4.78 is 0. The van der Waals surface area contributed by atoms with Gasteiger partial charge in [-0.15, -0.1) is 0 Å². The lowest BCUT2D eigenvalue weighted by molar-refractivity contribution is -0.124. The van der Waals surface area contributed by atoms with Crippen molar-refractivity contribution in [2.75, 3.05) is 0 Å². The van der Waals surface area contributed by atoms with Crippen LogP contribution in [0.1, 0.15) is 22.3 Å². The first-order valence-corrected chi connectivity index (χ1v) is 9.96. The zero-order valence-electron chi connectivity index (χ0n) is 16.7. The molecule has 2 N–H and O–H groups in total. The summed E-state index contributed by atoms with van der Waals surface area (Å²) in [5.74, 6) is -1.95. The fourth-order valence-electron chi connectivity index (χ4n) is 4.05. The summed E-state index contributed by atoms with van der Waals surface area (Å²) in [6.45, 7) is 0. The number of hydrogen-bond acceptors (Lipinski definition) is 4. The predicted molar refractivity (Wildman–Crippen MR) is 119 cm³/mol. The molecule has 0 aromatic heterocycles. The molecule has 0 unspecified atom stereocenters. The molecule has 0 spiro atoms. The van der Waals surface area contributed by atoms with Gasteiger partial charge in [0.15, 0.2) is 0 Å². The minimum Gasteiger partial charge on any atom is -0.288 e. The SMILES string of the molecule is O=C1NC(=O)C(c2cccc(C3=C(c4ccccc4)C(=O)NC3=O)c2)=C1c1ccccc1. The van der Waals surface area contributed by atoms with Crippen molar-refractivity contribution in [1.29, 1.82) is 0 Å². The molecule has 4 amide bonds. The molecular formula is C26H16N2O4. The highest BCUT2D eigenvalue weighted by atomic mass is 16.2. The molecule has 2 aliphatic heterocycles. The highest BCUT2D eigenvalue weighted by Crippen LogP contribution is 2.35. The lowest BCUT2D eigenvalue weighted by Crippen LogP contribution is -2.23. The largest absolute Gasteiger partial charge is 0.288 e. The lowest BCUT2D eigenvalue weighted by Gasteiger charge is -2.09. The van der Waals surface area contributed by atoms with Crippen LogP contribution in [0.15, 0.2) is 84.9 Å². The van der Waals surface area contributed by atoms with E-state index in [0.29, 0.717) is 22.3 Å². The molecule has 2 heterocycles. The van der Waals surface area contributed by atoms with Crippen LogP contribution in [0, 0.1) is 0 Å². The van der Waals surface area contributed by atoms with Gasteiger partial charge in [-0.2, -0.15) is 0 Å². The molecule has 0 radical (unpaired) electrons. The maximum atomic E-state index is 12.7. The fourth-order valence-corrected chi connectivity index (χ4v) is 4.05. The van der Waals surface area contributed by atoms with Gasteiger partial charge in [-0.1, -0.05) is 78.9 Å². The third kappa shape index (κ3) is 3.15. The van der Waals surface area contributed by atoms with Crippen LogP contribution in [-0.4, -0.2) is 23.6 Å². The van der Waals surface area contributed by atoms with E-state index in [1.807, 2.05) is 12.1 Å². The van der Waals surface area contributed by atoms with Crippen LogP contribution in [0.2, 0.25) is 0 Å². The number of nitrogens with one attached hydrogen (secondary N) is 2. The van der Waals surface area contributed by atoms with Gasteiger partial charge in [-0.05, 0) is 28.3 Å². The average molecular weight is 420 g/mol. The van der Waals surface area contributed by atoms with Crippen molar-refractivity contribution in [3.63, 3.8) is 0 Å². The summed E-state index contributed by atoms with van der Waals surface area (Å²) in [6.07, 6.45) is 0. The van der Waals surface area contributed by atoms with E-state index in [4.69, 9.17) is 0 Å². The van der Waals surface area contributed by atoms with E-state index in [1.165, 1.54) is 0 Å². The summed E-state index contributed by atoms with van der Waals surface area (Å²) in [6, 6.07) is 24.6. The first-order valence-electron chi connectivity index (χ1n) is 9.96. The Morgan fingerprint density at radius 2 is 0.688 bits per heavy atom. The Hall–Kier alpha value is -4.58. The Morgan fingerprint density at radius 1 is 0.375 bits per heavy atom. The number of amides is 4. The van der Waals surface area contributed by atoms with Crippen LogP contribution in [0.4, 0.5) is 0 Å². The molecule has 2 aliphatic rings. The number of benzene rings is 3. The summed E-state index contributed by atoms with van der Waals surface area (Å²) in [5.41, 5.74) is 3.22. The Balaban J connectivity index is 1.70. The van der Waals surface area contributed by atoms with Crippen molar-refractivity contribution in [1.82, 2.24) is 10.6 Å². The molecule has 6 nitrogen and oxygen atoms in total. The monoisotopic (exact) mass is 420 g/mol. The number of carbonyl (C=O) groups excluding carboxylic acids is 4. The molecular weight excluding hydrogens is 404 g/mol. The normalized spacial score (nSPS) is 16.0. The number of imide groups is 2. The summed E-state index contributed by atoms with van der Waals surface area (Å²) in [7, 11) is 0. The van der Waals surface area contributed by atoms with Crippen LogP contribution in [-0.2, 0) is 19.2 Å². The molecule has 0 atom stereocenters. The van der Waals surface area contributed by atoms with Gasteiger partial charge in [0.1, 0.15) is 0 Å². The fraction of sp³-hybridized carbons (Fsp3) is 0. The molecule has 3 aromatic rings. The van der Waals surface area contributed by atoms with Crippen molar-refractivity contribution in [3.8, 4) is 0 Å². The lowest BCUT2D eigenvalue weighted by atomic mass is 9.91. The molecule has 0 saturated heterocycles. The van der Waals surface area contributed by atoms with Crippen LogP contribution in [0.25, 0.3) is 22.3 Å². The average Bonchev–Trinajstić information content (AvgIpc) is 3.28. The van der Waals surface area contributed by atoms with E-state index in [9.17, 15) is 19.2 Å². The van der Waals surface area contributed by atoms with E-state index in [2.05, 4.69) is 10.6 Å². The smallest absolute Gasteiger partial charge is 0.259 e. The number of hydrogen-bond donors (Lipinski definition) is 2. The van der Waals surface area contributed by atoms with Crippen molar-refractivity contribution in [3.05, 3.63) is 107 Å². The number of rotatable bonds is 4. The van der Waals surface area contributed by atoms with Gasteiger partial charge in [0, 0.05) is 0 Å². The van der Waals surface area contributed by atoms with E-state index in [1.54, 1.807) is 72.8 Å². The molecule has 0 aliphatic carbocycles. The topological polar surface area (TPSA) is 92.3 Å². The molecule has 0 saturated carbocycles. The highest BCUT2D eigenvalue weighted by molar-refractivity contribution is 6.50. The molecule has 3 aromatic carbocycles. The standard InChI is InChI=1S/C26H16N2O4/c29-23-19(15-8-3-1-4-9-15)21(25(31)27-23)17-12-7-13-18(14-17)22-20(24(30)28-26(22)32)16-10-5-2-6-11-16/h1-14H,(H,27,29,31)(H,28,30,32). The van der Waals surface area contributed by atoms with E-state index in [0.717, 1.165) is 0 Å². The van der Waals surface area contributed by atoms with Gasteiger partial charge >= 0.3 is 0 Å². The van der Waals surface area contributed by atoms with Gasteiger partial charge < -0.3 is 0 Å². The van der Waals surface area contributed by atoms with Crippen LogP contribution < -0.4 is 10.6 Å². The van der Waals surface area contributed by atoms with Crippen molar-refractivity contribution < 1.29 is 19.2 Å². The second kappa shape index (κ2) is 7.59. The van der Waals surface area contributed by atoms with Gasteiger partial charge in [0.05, 0.1) is 22.3 Å². The molecule has 0 bridgehead atoms.